The van der Waals surface area contributed by atoms with E-state index in [-0.39, 0.29) is 42.7 Å². The summed E-state index contributed by atoms with van der Waals surface area (Å²) in [6.07, 6.45) is -0.995. The van der Waals surface area contributed by atoms with E-state index in [1.807, 2.05) is 48.5 Å². The first-order chi connectivity index (χ1) is 19.8. The number of amides is 1. The fourth-order valence-electron chi connectivity index (χ4n) is 5.00. The molecule has 1 aliphatic carbocycles. The summed E-state index contributed by atoms with van der Waals surface area (Å²) in [7, 11) is 0. The lowest BCUT2D eigenvalue weighted by atomic mass is 9.98. The number of rotatable bonds is 10. The first kappa shape index (κ1) is 27.2. The second kappa shape index (κ2) is 11.8. The summed E-state index contributed by atoms with van der Waals surface area (Å²) in [5.74, 6) is -1.64. The van der Waals surface area contributed by atoms with Crippen molar-refractivity contribution in [3.8, 4) is 22.6 Å². The van der Waals surface area contributed by atoms with E-state index in [1.54, 1.807) is 24.3 Å². The number of carbonyl (C=O) groups excluding carboxylic acids is 1. The maximum Gasteiger partial charge on any atom is 0.407 e. The Kier molecular flexibility index (Phi) is 7.82. The summed E-state index contributed by atoms with van der Waals surface area (Å²) in [6, 6.07) is 24.9. The van der Waals surface area contributed by atoms with Crippen LogP contribution in [0.5, 0.6) is 11.5 Å². The number of hydrogen-bond donors (Lipinski definition) is 3. The van der Waals surface area contributed by atoms with Crippen LogP contribution >= 0.6 is 0 Å². The fraction of sp³-hybridized carbons (Fsp3) is 0.161. The predicted molar refractivity (Wildman–Crippen MR) is 149 cm³/mol. The third-order valence-electron chi connectivity index (χ3n) is 6.97. The molecular weight excluding hydrogens is 528 g/mol. The third-order valence-corrected chi connectivity index (χ3v) is 6.97. The molecule has 0 radical (unpaired) electrons. The summed E-state index contributed by atoms with van der Waals surface area (Å²) in [5.41, 5.74) is 4.88. The first-order valence-corrected chi connectivity index (χ1v) is 12.8. The Morgan fingerprint density at radius 2 is 1.56 bits per heavy atom. The van der Waals surface area contributed by atoms with Crippen LogP contribution in [0.15, 0.2) is 91.0 Å². The van der Waals surface area contributed by atoms with Gasteiger partial charge in [0.2, 0.25) is 0 Å². The van der Waals surface area contributed by atoms with Crippen LogP contribution in [0.3, 0.4) is 0 Å². The van der Waals surface area contributed by atoms with Crippen LogP contribution in [-0.4, -0.2) is 39.8 Å². The summed E-state index contributed by atoms with van der Waals surface area (Å²) in [4.78, 5) is 35.2. The SMILES string of the molecule is O=C(N[C@@H](Cc1ccc(OCc2ccccc2[N+](=O)[O-])c(O)c1)C(=O)O)OCC1c2ccccc2-c2ccccc21. The van der Waals surface area contributed by atoms with Crippen molar-refractivity contribution in [1.82, 2.24) is 5.32 Å². The van der Waals surface area contributed by atoms with Crippen molar-refractivity contribution in [2.45, 2.75) is 25.0 Å². The number of carboxylic acid groups (broad SMARTS) is 1. The Balaban J connectivity index is 1.20. The third kappa shape index (κ3) is 5.96. The van der Waals surface area contributed by atoms with Gasteiger partial charge >= 0.3 is 12.1 Å². The Labute approximate surface area is 234 Å². The maximum absolute atomic E-state index is 12.6. The number of phenols is 1. The predicted octanol–water partition coefficient (Wildman–Crippen LogP) is 5.41. The molecular formula is C31H26N2O8. The molecule has 0 saturated heterocycles. The second-order valence-corrected chi connectivity index (χ2v) is 9.54. The van der Waals surface area contributed by atoms with Crippen LogP contribution in [-0.2, 0) is 22.6 Å². The van der Waals surface area contributed by atoms with E-state index in [4.69, 9.17) is 9.47 Å². The molecule has 5 rings (SSSR count). The van der Waals surface area contributed by atoms with Gasteiger partial charge in [0.15, 0.2) is 11.5 Å². The molecule has 1 aliphatic rings. The average Bonchev–Trinajstić information content (AvgIpc) is 3.29. The van der Waals surface area contributed by atoms with Crippen molar-refractivity contribution in [2.24, 2.45) is 0 Å². The van der Waals surface area contributed by atoms with Crippen molar-refractivity contribution >= 4 is 17.7 Å². The Bertz CT molecular complexity index is 1570. The second-order valence-electron chi connectivity index (χ2n) is 9.54. The smallest absolute Gasteiger partial charge is 0.407 e. The van der Waals surface area contributed by atoms with Crippen LogP contribution in [0, 0.1) is 10.1 Å². The van der Waals surface area contributed by atoms with Crippen molar-refractivity contribution < 1.29 is 34.2 Å². The monoisotopic (exact) mass is 554 g/mol. The first-order valence-electron chi connectivity index (χ1n) is 12.8. The van der Waals surface area contributed by atoms with E-state index < -0.39 is 23.0 Å². The molecule has 10 nitrogen and oxygen atoms in total. The Hall–Kier alpha value is -5.38. The summed E-state index contributed by atoms with van der Waals surface area (Å²) in [6.45, 7) is -0.107. The van der Waals surface area contributed by atoms with Crippen LogP contribution in [0.4, 0.5) is 10.5 Å². The lowest BCUT2D eigenvalue weighted by Crippen LogP contribution is -2.42. The Morgan fingerprint density at radius 1 is 0.927 bits per heavy atom. The molecule has 0 spiro atoms. The van der Waals surface area contributed by atoms with Gasteiger partial charge in [0, 0.05) is 18.4 Å². The highest BCUT2D eigenvalue weighted by atomic mass is 16.6. The zero-order valence-electron chi connectivity index (χ0n) is 21.7. The minimum Gasteiger partial charge on any atom is -0.504 e. The highest BCUT2D eigenvalue weighted by molar-refractivity contribution is 5.81. The summed E-state index contributed by atoms with van der Waals surface area (Å²) >= 11 is 0. The molecule has 208 valence electrons. The van der Waals surface area contributed by atoms with Crippen molar-refractivity contribution in [2.75, 3.05) is 6.61 Å². The van der Waals surface area contributed by atoms with Gasteiger partial charge < -0.3 is 25.0 Å². The standard InChI is InChI=1S/C31H26N2O8/c34-28-16-19(13-14-29(28)40-17-20-7-1-6-12-27(20)33(38)39)15-26(30(35)36)32-31(37)41-18-25-23-10-4-2-8-21(23)22-9-3-5-11-24(22)25/h1-14,16,25-26,34H,15,17-18H2,(H,32,37)(H,35,36)/t26-/m0/s1. The molecule has 0 aromatic heterocycles. The van der Waals surface area contributed by atoms with E-state index >= 15 is 0 Å². The number of phenolic OH excluding ortho intramolecular Hbond substituents is 1. The number of para-hydroxylation sites is 1. The van der Waals surface area contributed by atoms with Gasteiger partial charge in [-0.15, -0.1) is 0 Å². The molecule has 0 unspecified atom stereocenters. The van der Waals surface area contributed by atoms with Gasteiger partial charge in [0.05, 0.1) is 10.5 Å². The topological polar surface area (TPSA) is 148 Å². The van der Waals surface area contributed by atoms with Crippen LogP contribution in [0.25, 0.3) is 11.1 Å². The highest BCUT2D eigenvalue weighted by Crippen LogP contribution is 2.44. The zero-order valence-corrected chi connectivity index (χ0v) is 21.7. The van der Waals surface area contributed by atoms with Gasteiger partial charge in [0.1, 0.15) is 19.3 Å². The molecule has 0 bridgehead atoms. The molecule has 10 heteroatoms. The number of carboxylic acids is 1. The number of alkyl carbamates (subject to hydrolysis) is 1. The lowest BCUT2D eigenvalue weighted by Gasteiger charge is -2.18. The van der Waals surface area contributed by atoms with Crippen LogP contribution in [0.2, 0.25) is 0 Å². The van der Waals surface area contributed by atoms with E-state index in [2.05, 4.69) is 5.32 Å². The fourth-order valence-corrected chi connectivity index (χ4v) is 5.00. The number of ether oxygens (including phenoxy) is 2. The normalized spacial score (nSPS) is 12.6. The van der Waals surface area contributed by atoms with Crippen LogP contribution < -0.4 is 10.1 Å². The van der Waals surface area contributed by atoms with Crippen molar-refractivity contribution in [1.29, 1.82) is 0 Å². The molecule has 1 atom stereocenters. The molecule has 4 aromatic rings. The highest BCUT2D eigenvalue weighted by Gasteiger charge is 2.30. The average molecular weight is 555 g/mol. The molecule has 0 aliphatic heterocycles. The van der Waals surface area contributed by atoms with Gasteiger partial charge in [-0.3, -0.25) is 10.1 Å². The number of benzene rings is 4. The number of carbonyl (C=O) groups is 2. The quantitative estimate of drug-likeness (QED) is 0.174. The number of nitro groups is 1. The summed E-state index contributed by atoms with van der Waals surface area (Å²) < 4.78 is 11.0. The molecule has 0 heterocycles. The molecule has 4 aromatic carbocycles. The Morgan fingerprint density at radius 3 is 2.20 bits per heavy atom. The van der Waals surface area contributed by atoms with E-state index in [0.29, 0.717) is 11.1 Å². The van der Waals surface area contributed by atoms with Gasteiger partial charge in [-0.2, -0.15) is 0 Å². The van der Waals surface area contributed by atoms with Crippen LogP contribution in [0.1, 0.15) is 28.2 Å². The minimum atomic E-state index is -1.32. The maximum atomic E-state index is 12.6. The number of nitrogens with one attached hydrogen (secondary N) is 1. The largest absolute Gasteiger partial charge is 0.504 e. The lowest BCUT2D eigenvalue weighted by molar-refractivity contribution is -0.385. The van der Waals surface area contributed by atoms with E-state index in [9.17, 15) is 29.9 Å². The van der Waals surface area contributed by atoms with Gasteiger partial charge in [0.25, 0.3) is 5.69 Å². The summed E-state index contributed by atoms with van der Waals surface area (Å²) in [5, 5.41) is 33.7. The number of aliphatic carboxylic acids is 1. The van der Waals surface area contributed by atoms with Crippen molar-refractivity contribution in [3.05, 3.63) is 123 Å². The molecule has 0 fully saturated rings. The van der Waals surface area contributed by atoms with Gasteiger partial charge in [-0.05, 0) is 46.0 Å². The molecule has 0 saturated carbocycles. The van der Waals surface area contributed by atoms with E-state index in [0.717, 1.165) is 22.3 Å². The number of nitro benzene ring substituents is 1. The number of fused-ring (bicyclic) bond motifs is 3. The number of nitrogens with zero attached hydrogens (tertiary/aromatic N) is 1. The van der Waals surface area contributed by atoms with E-state index in [1.165, 1.54) is 18.2 Å². The van der Waals surface area contributed by atoms with Gasteiger partial charge in [-0.1, -0.05) is 66.7 Å². The van der Waals surface area contributed by atoms with Crippen molar-refractivity contribution in [3.63, 3.8) is 0 Å². The molecule has 41 heavy (non-hydrogen) atoms. The zero-order chi connectivity index (χ0) is 28.9. The minimum absolute atomic E-state index is 0.0403. The number of aromatic hydroxyl groups is 1. The molecule has 1 amide bonds. The number of hydrogen-bond acceptors (Lipinski definition) is 7. The van der Waals surface area contributed by atoms with Gasteiger partial charge in [-0.25, -0.2) is 9.59 Å². The molecule has 3 N–H and O–H groups in total.